The van der Waals surface area contributed by atoms with Gasteiger partial charge in [-0.05, 0) is 11.6 Å². The van der Waals surface area contributed by atoms with Crippen LogP contribution in [0, 0.1) is 0 Å². The van der Waals surface area contributed by atoms with E-state index in [0.717, 1.165) is 16.9 Å². The molecule has 3 heterocycles. The maximum Gasteiger partial charge on any atom is 0.318 e. The van der Waals surface area contributed by atoms with E-state index in [0.29, 0.717) is 31.6 Å². The van der Waals surface area contributed by atoms with Gasteiger partial charge in [0.2, 0.25) is 0 Å². The summed E-state index contributed by atoms with van der Waals surface area (Å²) in [7, 11) is -1.24. The van der Waals surface area contributed by atoms with Gasteiger partial charge >= 0.3 is 6.01 Å². The molecule has 2 unspecified atom stereocenters. The van der Waals surface area contributed by atoms with Crippen molar-refractivity contribution in [2.24, 2.45) is 0 Å². The van der Waals surface area contributed by atoms with E-state index in [1.54, 1.807) is 16.6 Å². The molecule has 22 heavy (non-hydrogen) atoms. The molecule has 1 saturated heterocycles. The van der Waals surface area contributed by atoms with Crippen LogP contribution in [-0.2, 0) is 22.3 Å². The standard InChI is InChI=1S/C15H15N3O3S/c19-22-13-4-2-1-3-11(13)9-18(22)14-5-7-16-15(17-14)21-12-6-8-20-10-12/h1-5,7,12H,6,8-10H2. The highest BCUT2D eigenvalue weighted by Crippen LogP contribution is 2.30. The molecule has 0 radical (unpaired) electrons. The van der Waals surface area contributed by atoms with Gasteiger partial charge in [-0.3, -0.25) is 4.31 Å². The normalized spacial score (nSPS) is 23.5. The molecular formula is C15H15N3O3S. The summed E-state index contributed by atoms with van der Waals surface area (Å²) >= 11 is 0. The van der Waals surface area contributed by atoms with E-state index in [1.165, 1.54) is 0 Å². The van der Waals surface area contributed by atoms with Crippen molar-refractivity contribution in [1.29, 1.82) is 0 Å². The number of ether oxygens (including phenoxy) is 2. The van der Waals surface area contributed by atoms with Crippen LogP contribution in [0.2, 0.25) is 0 Å². The third-order valence-corrected chi connectivity index (χ3v) is 5.20. The fourth-order valence-electron chi connectivity index (χ4n) is 2.59. The minimum Gasteiger partial charge on any atom is -0.458 e. The van der Waals surface area contributed by atoms with Gasteiger partial charge in [0.15, 0.2) is 11.0 Å². The highest BCUT2D eigenvalue weighted by atomic mass is 32.2. The minimum atomic E-state index is -1.24. The number of rotatable bonds is 3. The fourth-order valence-corrected chi connectivity index (χ4v) is 3.90. The number of hydrogen-bond donors (Lipinski definition) is 0. The Bertz CT molecular complexity index is 719. The van der Waals surface area contributed by atoms with Crippen LogP contribution in [0.3, 0.4) is 0 Å². The predicted molar refractivity (Wildman–Crippen MR) is 80.9 cm³/mol. The first kappa shape index (κ1) is 13.7. The summed E-state index contributed by atoms with van der Waals surface area (Å²) < 4.78 is 25.3. The predicted octanol–water partition coefficient (Wildman–Crippen LogP) is 1.69. The van der Waals surface area contributed by atoms with Crippen molar-refractivity contribution in [3.8, 4) is 6.01 Å². The van der Waals surface area contributed by atoms with E-state index in [4.69, 9.17) is 9.47 Å². The maximum absolute atomic E-state index is 12.6. The van der Waals surface area contributed by atoms with Crippen molar-refractivity contribution in [3.63, 3.8) is 0 Å². The van der Waals surface area contributed by atoms with Gasteiger partial charge in [-0.15, -0.1) is 0 Å². The van der Waals surface area contributed by atoms with Gasteiger partial charge in [-0.2, -0.15) is 4.98 Å². The molecule has 0 N–H and O–H groups in total. The molecule has 2 aliphatic heterocycles. The molecule has 2 aliphatic rings. The summed E-state index contributed by atoms with van der Waals surface area (Å²) in [5.41, 5.74) is 1.06. The topological polar surface area (TPSA) is 64.6 Å². The molecule has 114 valence electrons. The number of fused-ring (bicyclic) bond motifs is 1. The molecule has 0 bridgehead atoms. The number of benzene rings is 1. The first-order valence-corrected chi connectivity index (χ1v) is 8.27. The highest BCUT2D eigenvalue weighted by molar-refractivity contribution is 7.86. The van der Waals surface area contributed by atoms with Crippen molar-refractivity contribution in [2.45, 2.75) is 24.0 Å². The van der Waals surface area contributed by atoms with Crippen LogP contribution in [-0.4, -0.2) is 33.5 Å². The molecule has 2 atom stereocenters. The Labute approximate surface area is 130 Å². The molecule has 1 aromatic heterocycles. The van der Waals surface area contributed by atoms with Crippen LogP contribution in [0.25, 0.3) is 0 Å². The van der Waals surface area contributed by atoms with Crippen molar-refractivity contribution in [3.05, 3.63) is 42.1 Å². The van der Waals surface area contributed by atoms with Gasteiger partial charge < -0.3 is 9.47 Å². The Kier molecular flexibility index (Phi) is 3.51. The largest absolute Gasteiger partial charge is 0.458 e. The van der Waals surface area contributed by atoms with Gasteiger partial charge in [0.25, 0.3) is 0 Å². The average Bonchev–Trinajstić information content (AvgIpc) is 3.16. The van der Waals surface area contributed by atoms with Crippen LogP contribution in [0.5, 0.6) is 6.01 Å². The molecule has 0 amide bonds. The van der Waals surface area contributed by atoms with Crippen LogP contribution >= 0.6 is 0 Å². The molecule has 0 spiro atoms. The molecule has 1 aromatic carbocycles. The van der Waals surface area contributed by atoms with Crippen molar-refractivity contribution in [2.75, 3.05) is 17.5 Å². The summed E-state index contributed by atoms with van der Waals surface area (Å²) in [5, 5.41) is 0. The third-order valence-electron chi connectivity index (χ3n) is 3.71. The van der Waals surface area contributed by atoms with Crippen molar-refractivity contribution < 1.29 is 13.7 Å². The van der Waals surface area contributed by atoms with Crippen LogP contribution < -0.4 is 9.04 Å². The Balaban J connectivity index is 1.57. The Morgan fingerprint density at radius 3 is 3.05 bits per heavy atom. The molecule has 7 heteroatoms. The lowest BCUT2D eigenvalue weighted by atomic mass is 10.2. The lowest BCUT2D eigenvalue weighted by Gasteiger charge is -2.16. The van der Waals surface area contributed by atoms with Gasteiger partial charge in [0, 0.05) is 18.7 Å². The first-order valence-electron chi connectivity index (χ1n) is 7.16. The number of aromatic nitrogens is 2. The average molecular weight is 317 g/mol. The third kappa shape index (κ3) is 2.46. The minimum absolute atomic E-state index is 0.00322. The molecule has 1 fully saturated rings. The molecule has 0 aliphatic carbocycles. The lowest BCUT2D eigenvalue weighted by molar-refractivity contribution is 0.134. The summed E-state index contributed by atoms with van der Waals surface area (Å²) in [6.07, 6.45) is 2.47. The fraction of sp³-hybridized carbons (Fsp3) is 0.333. The highest BCUT2D eigenvalue weighted by Gasteiger charge is 2.28. The van der Waals surface area contributed by atoms with Gasteiger partial charge in [0.05, 0.1) is 24.7 Å². The number of anilines is 1. The summed E-state index contributed by atoms with van der Waals surface area (Å²) in [6.45, 7) is 1.84. The monoisotopic (exact) mass is 317 g/mol. The first-order chi connectivity index (χ1) is 10.8. The summed E-state index contributed by atoms with van der Waals surface area (Å²) in [4.78, 5) is 9.37. The molecule has 6 nitrogen and oxygen atoms in total. The second kappa shape index (κ2) is 5.66. The Morgan fingerprint density at radius 1 is 1.32 bits per heavy atom. The Hall–Kier alpha value is -1.99. The maximum atomic E-state index is 12.6. The smallest absolute Gasteiger partial charge is 0.318 e. The van der Waals surface area contributed by atoms with Gasteiger partial charge in [-0.25, -0.2) is 9.19 Å². The molecule has 0 saturated carbocycles. The van der Waals surface area contributed by atoms with Gasteiger partial charge in [0.1, 0.15) is 11.9 Å². The van der Waals surface area contributed by atoms with Crippen molar-refractivity contribution >= 4 is 16.8 Å². The lowest BCUT2D eigenvalue weighted by Crippen LogP contribution is -2.21. The zero-order chi connectivity index (χ0) is 14.9. The van der Waals surface area contributed by atoms with Crippen LogP contribution in [0.4, 0.5) is 5.82 Å². The van der Waals surface area contributed by atoms with E-state index in [2.05, 4.69) is 9.97 Å². The molecule has 2 aromatic rings. The van der Waals surface area contributed by atoms with Crippen LogP contribution in [0.1, 0.15) is 12.0 Å². The number of hydrogen-bond acceptors (Lipinski definition) is 5. The second-order valence-electron chi connectivity index (χ2n) is 5.19. The van der Waals surface area contributed by atoms with Crippen molar-refractivity contribution in [1.82, 2.24) is 9.97 Å². The van der Waals surface area contributed by atoms with Gasteiger partial charge in [-0.1, -0.05) is 18.2 Å². The zero-order valence-electron chi connectivity index (χ0n) is 11.8. The van der Waals surface area contributed by atoms with E-state index >= 15 is 0 Å². The Morgan fingerprint density at radius 2 is 2.23 bits per heavy atom. The SMILES string of the molecule is O=S1c2ccccc2CN1c1ccnc(OC2CCOC2)n1. The van der Waals surface area contributed by atoms with E-state index in [9.17, 15) is 4.21 Å². The quantitative estimate of drug-likeness (QED) is 0.862. The second-order valence-corrected chi connectivity index (χ2v) is 6.57. The van der Waals surface area contributed by atoms with E-state index < -0.39 is 11.0 Å². The summed E-state index contributed by atoms with van der Waals surface area (Å²) in [5.74, 6) is 0.610. The summed E-state index contributed by atoms with van der Waals surface area (Å²) in [6, 6.07) is 9.79. The van der Waals surface area contributed by atoms with Crippen LogP contribution in [0.15, 0.2) is 41.4 Å². The number of nitrogens with zero attached hydrogens (tertiary/aromatic N) is 3. The van der Waals surface area contributed by atoms with E-state index in [-0.39, 0.29) is 6.10 Å². The zero-order valence-corrected chi connectivity index (χ0v) is 12.7. The molecular weight excluding hydrogens is 302 g/mol. The van der Waals surface area contributed by atoms with E-state index in [1.807, 2.05) is 24.3 Å². The molecule has 4 rings (SSSR count).